The Morgan fingerprint density at radius 3 is 2.79 bits per heavy atom. The molecule has 1 heterocycles. The molecular formula is C14H11N3OS. The number of nitrogens with one attached hydrogen (secondary N) is 1. The number of nitrogens with zero attached hydrogens (tertiary/aromatic N) is 1. The van der Waals surface area contributed by atoms with Crippen LogP contribution in [0.4, 0.5) is 0 Å². The Bertz CT molecular complexity index is 792. The van der Waals surface area contributed by atoms with Crippen molar-refractivity contribution >= 4 is 45.5 Å². The first-order chi connectivity index (χ1) is 9.24. The highest BCUT2D eigenvalue weighted by Gasteiger charge is 2.05. The van der Waals surface area contributed by atoms with E-state index in [0.717, 1.165) is 27.5 Å². The standard InChI is InChI=1S/C14H11N3OS/c15-14(19)17-16-8-9-5-6-13-11(7-9)10-3-1-2-4-12(10)18-13/h1-8H,(H3,15,17,19). The molecule has 0 unspecified atom stereocenters. The van der Waals surface area contributed by atoms with Gasteiger partial charge in [0.05, 0.1) is 6.21 Å². The van der Waals surface area contributed by atoms with E-state index < -0.39 is 0 Å². The molecule has 3 N–H and O–H groups in total. The second-order valence-corrected chi connectivity index (χ2v) is 4.53. The maximum Gasteiger partial charge on any atom is 0.184 e. The van der Waals surface area contributed by atoms with Gasteiger partial charge in [0, 0.05) is 10.8 Å². The molecule has 1 aromatic heterocycles. The summed E-state index contributed by atoms with van der Waals surface area (Å²) < 4.78 is 5.75. The summed E-state index contributed by atoms with van der Waals surface area (Å²) in [4.78, 5) is 0. The van der Waals surface area contributed by atoms with Crippen molar-refractivity contribution in [1.29, 1.82) is 0 Å². The molecular weight excluding hydrogens is 258 g/mol. The van der Waals surface area contributed by atoms with Gasteiger partial charge in [-0.2, -0.15) is 5.10 Å². The Morgan fingerprint density at radius 1 is 1.16 bits per heavy atom. The molecule has 0 saturated heterocycles. The minimum atomic E-state index is 0.145. The Balaban J connectivity index is 2.06. The highest BCUT2D eigenvalue weighted by molar-refractivity contribution is 7.80. The predicted octanol–water partition coefficient (Wildman–Crippen LogP) is 2.75. The lowest BCUT2D eigenvalue weighted by atomic mass is 10.1. The third-order valence-corrected chi connectivity index (χ3v) is 2.88. The van der Waals surface area contributed by atoms with E-state index in [1.54, 1.807) is 6.21 Å². The summed E-state index contributed by atoms with van der Waals surface area (Å²) in [6, 6.07) is 13.8. The van der Waals surface area contributed by atoms with Gasteiger partial charge in [-0.05, 0) is 42.0 Å². The van der Waals surface area contributed by atoms with Gasteiger partial charge >= 0.3 is 0 Å². The van der Waals surface area contributed by atoms with Crippen LogP contribution < -0.4 is 11.2 Å². The Labute approximate surface area is 114 Å². The van der Waals surface area contributed by atoms with Gasteiger partial charge in [-0.1, -0.05) is 18.2 Å². The summed E-state index contributed by atoms with van der Waals surface area (Å²) in [7, 11) is 0. The largest absolute Gasteiger partial charge is 0.456 e. The van der Waals surface area contributed by atoms with E-state index in [-0.39, 0.29) is 5.11 Å². The third kappa shape index (κ3) is 2.28. The smallest absolute Gasteiger partial charge is 0.184 e. The number of para-hydroxylation sites is 1. The maximum atomic E-state index is 5.75. The second-order valence-electron chi connectivity index (χ2n) is 4.09. The number of fused-ring (bicyclic) bond motifs is 3. The van der Waals surface area contributed by atoms with Crippen LogP contribution in [-0.2, 0) is 0 Å². The minimum absolute atomic E-state index is 0.145. The zero-order valence-corrected chi connectivity index (χ0v) is 10.8. The van der Waals surface area contributed by atoms with Crippen molar-refractivity contribution in [1.82, 2.24) is 5.43 Å². The number of furan rings is 1. The molecule has 0 spiro atoms. The molecule has 0 saturated carbocycles. The van der Waals surface area contributed by atoms with E-state index in [1.165, 1.54) is 0 Å². The molecule has 0 radical (unpaired) electrons. The SMILES string of the molecule is NC(=S)NN=Cc1ccc2oc3ccccc3c2c1. The van der Waals surface area contributed by atoms with Crippen molar-refractivity contribution in [2.24, 2.45) is 10.8 Å². The van der Waals surface area contributed by atoms with E-state index in [1.807, 2.05) is 42.5 Å². The molecule has 0 fully saturated rings. The zero-order chi connectivity index (χ0) is 13.2. The molecule has 94 valence electrons. The molecule has 2 aromatic carbocycles. The number of thiocarbonyl (C=S) groups is 1. The topological polar surface area (TPSA) is 63.5 Å². The van der Waals surface area contributed by atoms with Gasteiger partial charge in [0.15, 0.2) is 5.11 Å². The fraction of sp³-hybridized carbons (Fsp3) is 0. The van der Waals surface area contributed by atoms with Crippen LogP contribution in [0, 0.1) is 0 Å². The van der Waals surface area contributed by atoms with Crippen LogP contribution in [0.1, 0.15) is 5.56 Å². The molecule has 0 aliphatic heterocycles. The number of benzene rings is 2. The van der Waals surface area contributed by atoms with Crippen LogP contribution in [0.3, 0.4) is 0 Å². The van der Waals surface area contributed by atoms with E-state index in [4.69, 9.17) is 10.2 Å². The van der Waals surface area contributed by atoms with Crippen LogP contribution in [0.25, 0.3) is 21.9 Å². The van der Waals surface area contributed by atoms with E-state index in [9.17, 15) is 0 Å². The number of hydrogen-bond donors (Lipinski definition) is 2. The van der Waals surface area contributed by atoms with Crippen molar-refractivity contribution in [2.45, 2.75) is 0 Å². The summed E-state index contributed by atoms with van der Waals surface area (Å²) in [5.74, 6) is 0. The van der Waals surface area contributed by atoms with Crippen LogP contribution >= 0.6 is 12.2 Å². The molecule has 0 amide bonds. The molecule has 4 nitrogen and oxygen atoms in total. The fourth-order valence-electron chi connectivity index (χ4n) is 1.99. The number of hydrazone groups is 1. The summed E-state index contributed by atoms with van der Waals surface area (Å²) in [5, 5.41) is 6.24. The normalized spacial score (nSPS) is 11.4. The van der Waals surface area contributed by atoms with Crippen molar-refractivity contribution in [2.75, 3.05) is 0 Å². The van der Waals surface area contributed by atoms with Crippen LogP contribution in [0.5, 0.6) is 0 Å². The van der Waals surface area contributed by atoms with Gasteiger partial charge in [0.2, 0.25) is 0 Å². The van der Waals surface area contributed by atoms with E-state index in [0.29, 0.717) is 0 Å². The molecule has 19 heavy (non-hydrogen) atoms. The highest BCUT2D eigenvalue weighted by atomic mass is 32.1. The lowest BCUT2D eigenvalue weighted by Crippen LogP contribution is -2.23. The summed E-state index contributed by atoms with van der Waals surface area (Å²) in [6.07, 6.45) is 1.67. The van der Waals surface area contributed by atoms with Gasteiger partial charge in [-0.15, -0.1) is 0 Å². The first-order valence-corrected chi connectivity index (χ1v) is 6.15. The summed E-state index contributed by atoms with van der Waals surface area (Å²) in [5.41, 5.74) is 10.5. The van der Waals surface area contributed by atoms with Crippen molar-refractivity contribution in [3.05, 3.63) is 48.0 Å². The van der Waals surface area contributed by atoms with Crippen LogP contribution in [0.2, 0.25) is 0 Å². The molecule has 3 rings (SSSR count). The molecule has 0 aliphatic rings. The fourth-order valence-corrected chi connectivity index (χ4v) is 2.05. The van der Waals surface area contributed by atoms with Gasteiger partial charge in [0.25, 0.3) is 0 Å². The third-order valence-electron chi connectivity index (χ3n) is 2.79. The quantitative estimate of drug-likeness (QED) is 0.426. The van der Waals surface area contributed by atoms with E-state index in [2.05, 4.69) is 22.7 Å². The first kappa shape index (κ1) is 11.7. The number of rotatable bonds is 2. The molecule has 3 aromatic rings. The first-order valence-electron chi connectivity index (χ1n) is 5.74. The average molecular weight is 269 g/mol. The highest BCUT2D eigenvalue weighted by Crippen LogP contribution is 2.28. The monoisotopic (exact) mass is 269 g/mol. The average Bonchev–Trinajstić information content (AvgIpc) is 2.76. The summed E-state index contributed by atoms with van der Waals surface area (Å²) in [6.45, 7) is 0. The lowest BCUT2D eigenvalue weighted by Gasteiger charge is -1.95. The van der Waals surface area contributed by atoms with Crippen molar-refractivity contribution in [3.8, 4) is 0 Å². The maximum absolute atomic E-state index is 5.75. The van der Waals surface area contributed by atoms with Crippen molar-refractivity contribution < 1.29 is 4.42 Å². The lowest BCUT2D eigenvalue weighted by molar-refractivity contribution is 0.669. The Kier molecular flexibility index (Phi) is 2.89. The zero-order valence-electron chi connectivity index (χ0n) is 9.96. The van der Waals surface area contributed by atoms with Gasteiger partial charge in [0.1, 0.15) is 11.2 Å². The second kappa shape index (κ2) is 4.70. The molecule has 0 aliphatic carbocycles. The molecule has 0 atom stereocenters. The van der Waals surface area contributed by atoms with Crippen molar-refractivity contribution in [3.63, 3.8) is 0 Å². The summed E-state index contributed by atoms with van der Waals surface area (Å²) >= 11 is 4.68. The van der Waals surface area contributed by atoms with Crippen LogP contribution in [0.15, 0.2) is 52.0 Å². The molecule has 5 heteroatoms. The number of nitrogens with two attached hydrogens (primary N) is 1. The number of hydrogen-bond acceptors (Lipinski definition) is 3. The van der Waals surface area contributed by atoms with Gasteiger partial charge in [-0.3, -0.25) is 5.43 Å². The van der Waals surface area contributed by atoms with Gasteiger partial charge in [-0.25, -0.2) is 0 Å². The van der Waals surface area contributed by atoms with Crippen LogP contribution in [-0.4, -0.2) is 11.3 Å². The Morgan fingerprint density at radius 2 is 1.95 bits per heavy atom. The molecule has 0 bridgehead atoms. The predicted molar refractivity (Wildman–Crippen MR) is 81.2 cm³/mol. The Hall–Kier alpha value is -2.40. The van der Waals surface area contributed by atoms with E-state index >= 15 is 0 Å². The van der Waals surface area contributed by atoms with Gasteiger partial charge < -0.3 is 10.2 Å². The minimum Gasteiger partial charge on any atom is -0.456 e.